The normalized spacial score (nSPS) is 27.6. The molecule has 94 valence electrons. The summed E-state index contributed by atoms with van der Waals surface area (Å²) in [7, 11) is 2.13. The number of nitrogens with zero attached hydrogens (tertiary/aromatic N) is 2. The molecule has 0 radical (unpaired) electrons. The van der Waals surface area contributed by atoms with Crippen molar-refractivity contribution in [1.29, 1.82) is 0 Å². The number of likely N-dealkylation sites (N-methyl/N-ethyl adjacent to an activating group) is 1. The van der Waals surface area contributed by atoms with Crippen LogP contribution in [0.25, 0.3) is 0 Å². The Morgan fingerprint density at radius 2 is 2.12 bits per heavy atom. The molecule has 1 aliphatic heterocycles. The molecule has 0 aromatic heterocycles. The summed E-state index contributed by atoms with van der Waals surface area (Å²) in [4.78, 5) is 15.8. The lowest BCUT2D eigenvalue weighted by Crippen LogP contribution is -2.55. The van der Waals surface area contributed by atoms with Gasteiger partial charge in [0.2, 0.25) is 5.91 Å². The van der Waals surface area contributed by atoms with E-state index in [9.17, 15) is 4.79 Å². The second-order valence-corrected chi connectivity index (χ2v) is 5.18. The summed E-state index contributed by atoms with van der Waals surface area (Å²) >= 11 is 0. The van der Waals surface area contributed by atoms with Gasteiger partial charge in [0.1, 0.15) is 0 Å². The van der Waals surface area contributed by atoms with E-state index in [-0.39, 0.29) is 0 Å². The maximum atomic E-state index is 11.1. The molecule has 2 atom stereocenters. The maximum absolute atomic E-state index is 11.1. The van der Waals surface area contributed by atoms with Gasteiger partial charge < -0.3 is 16.4 Å². The van der Waals surface area contributed by atoms with Gasteiger partial charge in [-0.05, 0) is 27.3 Å². The third-order valence-corrected chi connectivity index (χ3v) is 3.45. The highest BCUT2D eigenvalue weighted by Crippen LogP contribution is 2.12. The predicted molar refractivity (Wildman–Crippen MR) is 64.9 cm³/mol. The summed E-state index contributed by atoms with van der Waals surface area (Å²) in [6.45, 7) is 7.92. The van der Waals surface area contributed by atoms with E-state index < -0.39 is 11.4 Å². The molecule has 4 N–H and O–H groups in total. The SMILES string of the molecule is CC1CN(C)CCN1CCC(C)(N)C(N)=O. The zero-order valence-electron chi connectivity index (χ0n) is 10.6. The Morgan fingerprint density at radius 1 is 1.50 bits per heavy atom. The molecule has 16 heavy (non-hydrogen) atoms. The first-order valence-corrected chi connectivity index (χ1v) is 5.84. The van der Waals surface area contributed by atoms with Crippen LogP contribution >= 0.6 is 0 Å². The van der Waals surface area contributed by atoms with Gasteiger partial charge in [0.05, 0.1) is 5.54 Å². The van der Waals surface area contributed by atoms with Crippen molar-refractivity contribution in [2.45, 2.75) is 31.8 Å². The third kappa shape index (κ3) is 3.43. The monoisotopic (exact) mass is 228 g/mol. The highest BCUT2D eigenvalue weighted by molar-refractivity contribution is 5.83. The van der Waals surface area contributed by atoms with Gasteiger partial charge in [0.25, 0.3) is 0 Å². The molecule has 1 fully saturated rings. The molecule has 0 aromatic rings. The Kier molecular flexibility index (Phi) is 4.29. The topological polar surface area (TPSA) is 75.6 Å². The lowest BCUT2D eigenvalue weighted by Gasteiger charge is -2.39. The van der Waals surface area contributed by atoms with Crippen LogP contribution in [0, 0.1) is 0 Å². The number of piperazine rings is 1. The lowest BCUT2D eigenvalue weighted by atomic mass is 9.97. The van der Waals surface area contributed by atoms with Crippen molar-refractivity contribution in [2.75, 3.05) is 33.2 Å². The first-order chi connectivity index (χ1) is 7.33. The largest absolute Gasteiger partial charge is 0.368 e. The zero-order chi connectivity index (χ0) is 12.3. The van der Waals surface area contributed by atoms with E-state index >= 15 is 0 Å². The van der Waals surface area contributed by atoms with E-state index in [0.717, 1.165) is 26.2 Å². The van der Waals surface area contributed by atoms with Gasteiger partial charge in [-0.25, -0.2) is 0 Å². The second-order valence-electron chi connectivity index (χ2n) is 5.18. The Hall–Kier alpha value is -0.650. The van der Waals surface area contributed by atoms with Crippen LogP contribution in [0.2, 0.25) is 0 Å². The predicted octanol–water partition coefficient (Wildman–Crippen LogP) is -0.785. The number of carbonyl (C=O) groups is 1. The van der Waals surface area contributed by atoms with Gasteiger partial charge in [-0.3, -0.25) is 9.69 Å². The molecule has 1 amide bonds. The van der Waals surface area contributed by atoms with E-state index in [2.05, 4.69) is 23.8 Å². The fourth-order valence-electron chi connectivity index (χ4n) is 2.01. The van der Waals surface area contributed by atoms with Crippen LogP contribution in [-0.2, 0) is 4.79 Å². The molecule has 2 unspecified atom stereocenters. The molecule has 0 aliphatic carbocycles. The van der Waals surface area contributed by atoms with Gasteiger partial charge in [-0.2, -0.15) is 0 Å². The van der Waals surface area contributed by atoms with E-state index in [1.54, 1.807) is 6.92 Å². The van der Waals surface area contributed by atoms with Crippen molar-refractivity contribution < 1.29 is 4.79 Å². The molecule has 5 nitrogen and oxygen atoms in total. The molecule has 0 bridgehead atoms. The van der Waals surface area contributed by atoms with Crippen molar-refractivity contribution in [1.82, 2.24) is 9.80 Å². The molecule has 1 aliphatic rings. The molecular formula is C11H24N4O. The lowest BCUT2D eigenvalue weighted by molar-refractivity contribution is -0.123. The summed E-state index contributed by atoms with van der Waals surface area (Å²) in [6, 6.07) is 0.516. The third-order valence-electron chi connectivity index (χ3n) is 3.45. The van der Waals surface area contributed by atoms with Gasteiger partial charge in [0, 0.05) is 32.2 Å². The summed E-state index contributed by atoms with van der Waals surface area (Å²) in [5.74, 6) is -0.422. The Bertz CT molecular complexity index is 254. The first-order valence-electron chi connectivity index (χ1n) is 5.84. The minimum Gasteiger partial charge on any atom is -0.368 e. The van der Waals surface area contributed by atoms with Crippen LogP contribution in [0.5, 0.6) is 0 Å². The zero-order valence-corrected chi connectivity index (χ0v) is 10.6. The Balaban J connectivity index is 2.41. The first kappa shape index (κ1) is 13.4. The van der Waals surface area contributed by atoms with Crippen LogP contribution in [0.4, 0.5) is 0 Å². The number of hydrogen-bond donors (Lipinski definition) is 2. The molecule has 0 aromatic carbocycles. The summed E-state index contributed by atoms with van der Waals surface area (Å²) in [5, 5.41) is 0. The fraction of sp³-hybridized carbons (Fsp3) is 0.909. The summed E-state index contributed by atoms with van der Waals surface area (Å²) in [6.07, 6.45) is 0.621. The van der Waals surface area contributed by atoms with Crippen molar-refractivity contribution in [2.24, 2.45) is 11.5 Å². The maximum Gasteiger partial charge on any atom is 0.237 e. The van der Waals surface area contributed by atoms with Crippen molar-refractivity contribution in [3.8, 4) is 0 Å². The minimum atomic E-state index is -0.886. The van der Waals surface area contributed by atoms with Gasteiger partial charge >= 0.3 is 0 Å². The molecule has 1 heterocycles. The number of nitrogens with two attached hydrogens (primary N) is 2. The van der Waals surface area contributed by atoms with Crippen LogP contribution < -0.4 is 11.5 Å². The number of rotatable bonds is 4. The van der Waals surface area contributed by atoms with Crippen molar-refractivity contribution in [3.05, 3.63) is 0 Å². The van der Waals surface area contributed by atoms with Crippen LogP contribution in [0.1, 0.15) is 20.3 Å². The van der Waals surface area contributed by atoms with Crippen LogP contribution in [0.3, 0.4) is 0 Å². The molecule has 1 saturated heterocycles. The number of amides is 1. The van der Waals surface area contributed by atoms with E-state index in [1.807, 2.05) is 0 Å². The molecule has 0 spiro atoms. The molecule has 5 heteroatoms. The number of hydrogen-bond acceptors (Lipinski definition) is 4. The summed E-state index contributed by atoms with van der Waals surface area (Å²) in [5.41, 5.74) is 10.2. The quantitative estimate of drug-likeness (QED) is 0.661. The van der Waals surface area contributed by atoms with E-state index in [1.165, 1.54) is 0 Å². The van der Waals surface area contributed by atoms with E-state index in [4.69, 9.17) is 11.5 Å². The standard InChI is InChI=1S/C11H24N4O/c1-9-8-14(3)6-7-15(9)5-4-11(2,13)10(12)16/h9H,4-8,13H2,1-3H3,(H2,12,16). The summed E-state index contributed by atoms with van der Waals surface area (Å²) < 4.78 is 0. The van der Waals surface area contributed by atoms with Gasteiger partial charge in [-0.15, -0.1) is 0 Å². The molecular weight excluding hydrogens is 204 g/mol. The molecule has 0 saturated carbocycles. The fourth-order valence-corrected chi connectivity index (χ4v) is 2.01. The Morgan fingerprint density at radius 3 is 2.62 bits per heavy atom. The van der Waals surface area contributed by atoms with E-state index in [0.29, 0.717) is 12.5 Å². The second kappa shape index (κ2) is 5.12. The highest BCUT2D eigenvalue weighted by Gasteiger charge is 2.28. The van der Waals surface area contributed by atoms with Crippen molar-refractivity contribution in [3.63, 3.8) is 0 Å². The number of carbonyl (C=O) groups excluding carboxylic acids is 1. The van der Waals surface area contributed by atoms with Gasteiger partial charge in [-0.1, -0.05) is 0 Å². The Labute approximate surface area is 97.7 Å². The van der Waals surface area contributed by atoms with Crippen LogP contribution in [-0.4, -0.2) is 60.5 Å². The average molecular weight is 228 g/mol. The van der Waals surface area contributed by atoms with Crippen LogP contribution in [0.15, 0.2) is 0 Å². The average Bonchev–Trinajstić information content (AvgIpc) is 2.16. The smallest absolute Gasteiger partial charge is 0.237 e. The minimum absolute atomic E-state index is 0.422. The molecule has 1 rings (SSSR count). The van der Waals surface area contributed by atoms with Crippen molar-refractivity contribution >= 4 is 5.91 Å². The highest BCUT2D eigenvalue weighted by atomic mass is 16.1. The van der Waals surface area contributed by atoms with Gasteiger partial charge in [0.15, 0.2) is 0 Å². The number of primary amides is 1.